The van der Waals surface area contributed by atoms with Gasteiger partial charge >= 0.3 is 0 Å². The third kappa shape index (κ3) is 20.1. The van der Waals surface area contributed by atoms with E-state index >= 15 is 0 Å². The summed E-state index contributed by atoms with van der Waals surface area (Å²) < 4.78 is 0. The second-order valence-corrected chi connectivity index (χ2v) is 4.41. The standard InChI is InChI=1S/C12H27N.C2H6/c1-12(2)10-8-6-4-5-7-9-11-13-3;1-2/h12-13H,4-11H2,1-3H3;1-2H3. The Balaban J connectivity index is 0. The van der Waals surface area contributed by atoms with Crippen molar-refractivity contribution in [3.8, 4) is 0 Å². The van der Waals surface area contributed by atoms with Crippen LogP contribution in [0.25, 0.3) is 0 Å². The molecule has 0 saturated heterocycles. The van der Waals surface area contributed by atoms with Gasteiger partial charge in [-0.1, -0.05) is 66.2 Å². The van der Waals surface area contributed by atoms with Crippen LogP contribution in [0.5, 0.6) is 0 Å². The molecule has 0 aromatic carbocycles. The van der Waals surface area contributed by atoms with Crippen LogP contribution >= 0.6 is 0 Å². The average molecular weight is 215 g/mol. The van der Waals surface area contributed by atoms with Crippen molar-refractivity contribution in [2.45, 2.75) is 72.6 Å². The summed E-state index contributed by atoms with van der Waals surface area (Å²) >= 11 is 0. The molecule has 15 heavy (non-hydrogen) atoms. The van der Waals surface area contributed by atoms with E-state index in [2.05, 4.69) is 19.2 Å². The highest BCUT2D eigenvalue weighted by Crippen LogP contribution is 2.10. The number of nitrogens with one attached hydrogen (secondary N) is 1. The van der Waals surface area contributed by atoms with Crippen LogP contribution in [-0.4, -0.2) is 13.6 Å². The zero-order valence-corrected chi connectivity index (χ0v) is 11.7. The van der Waals surface area contributed by atoms with E-state index in [1.165, 1.54) is 51.5 Å². The smallest absolute Gasteiger partial charge is 0.00519 e. The quantitative estimate of drug-likeness (QED) is 0.553. The van der Waals surface area contributed by atoms with Crippen LogP contribution in [0.2, 0.25) is 0 Å². The summed E-state index contributed by atoms with van der Waals surface area (Å²) in [5.74, 6) is 0.893. The van der Waals surface area contributed by atoms with Crippen molar-refractivity contribution in [3.63, 3.8) is 0 Å². The van der Waals surface area contributed by atoms with Gasteiger partial charge in [-0.25, -0.2) is 0 Å². The van der Waals surface area contributed by atoms with Crippen LogP contribution in [0.1, 0.15) is 72.6 Å². The van der Waals surface area contributed by atoms with Gasteiger partial charge in [0.2, 0.25) is 0 Å². The molecule has 0 amide bonds. The van der Waals surface area contributed by atoms with E-state index < -0.39 is 0 Å². The van der Waals surface area contributed by atoms with Crippen LogP contribution in [0, 0.1) is 5.92 Å². The predicted octanol–water partition coefficient (Wildman–Crippen LogP) is 4.62. The number of unbranched alkanes of at least 4 members (excludes halogenated alkanes) is 5. The van der Waals surface area contributed by atoms with Gasteiger partial charge < -0.3 is 5.32 Å². The van der Waals surface area contributed by atoms with E-state index in [1.54, 1.807) is 0 Å². The van der Waals surface area contributed by atoms with Gasteiger partial charge in [0.05, 0.1) is 0 Å². The summed E-state index contributed by atoms with van der Waals surface area (Å²) in [6.45, 7) is 9.81. The molecule has 0 aromatic rings. The molecule has 0 fully saturated rings. The molecule has 1 nitrogen and oxygen atoms in total. The molecular weight excluding hydrogens is 182 g/mol. The molecule has 0 rings (SSSR count). The van der Waals surface area contributed by atoms with Gasteiger partial charge in [-0.05, 0) is 25.9 Å². The molecule has 1 N–H and O–H groups in total. The van der Waals surface area contributed by atoms with Gasteiger partial charge in [-0.2, -0.15) is 0 Å². The maximum Gasteiger partial charge on any atom is -0.00519 e. The summed E-state index contributed by atoms with van der Waals surface area (Å²) in [4.78, 5) is 0. The lowest BCUT2D eigenvalue weighted by Crippen LogP contribution is -2.06. The first-order chi connectivity index (χ1) is 7.27. The molecule has 0 unspecified atom stereocenters. The molecule has 0 heterocycles. The Hall–Kier alpha value is -0.0400. The molecule has 0 aliphatic heterocycles. The summed E-state index contributed by atoms with van der Waals surface area (Å²) in [6.07, 6.45) is 9.91. The first kappa shape index (κ1) is 17.4. The topological polar surface area (TPSA) is 12.0 Å². The SMILES string of the molecule is CC.CNCCCCCCCCC(C)C. The highest BCUT2D eigenvalue weighted by atomic mass is 14.8. The third-order valence-corrected chi connectivity index (χ3v) is 2.46. The Morgan fingerprint density at radius 2 is 1.27 bits per heavy atom. The molecule has 0 atom stereocenters. The lowest BCUT2D eigenvalue weighted by molar-refractivity contribution is 0.510. The minimum atomic E-state index is 0.893. The van der Waals surface area contributed by atoms with Gasteiger partial charge in [-0.15, -0.1) is 0 Å². The van der Waals surface area contributed by atoms with Crippen molar-refractivity contribution in [1.29, 1.82) is 0 Å². The Morgan fingerprint density at radius 3 is 1.73 bits per heavy atom. The van der Waals surface area contributed by atoms with E-state index in [1.807, 2.05) is 20.9 Å². The van der Waals surface area contributed by atoms with Crippen LogP contribution in [-0.2, 0) is 0 Å². The average Bonchev–Trinajstić information content (AvgIpc) is 2.24. The van der Waals surface area contributed by atoms with Crippen molar-refractivity contribution in [1.82, 2.24) is 5.32 Å². The monoisotopic (exact) mass is 215 g/mol. The number of rotatable bonds is 9. The summed E-state index contributed by atoms with van der Waals surface area (Å²) in [7, 11) is 2.03. The summed E-state index contributed by atoms with van der Waals surface area (Å²) in [5.41, 5.74) is 0. The maximum absolute atomic E-state index is 3.18. The zero-order chi connectivity index (χ0) is 11.9. The number of hydrogen-bond acceptors (Lipinski definition) is 1. The van der Waals surface area contributed by atoms with Gasteiger partial charge in [0, 0.05) is 0 Å². The van der Waals surface area contributed by atoms with Crippen molar-refractivity contribution >= 4 is 0 Å². The first-order valence-corrected chi connectivity index (χ1v) is 6.92. The van der Waals surface area contributed by atoms with Crippen molar-refractivity contribution in [2.24, 2.45) is 5.92 Å². The molecule has 0 saturated carbocycles. The Bertz CT molecular complexity index is 89.3. The fourth-order valence-electron chi connectivity index (χ4n) is 1.56. The Morgan fingerprint density at radius 1 is 0.800 bits per heavy atom. The minimum absolute atomic E-state index is 0.893. The summed E-state index contributed by atoms with van der Waals surface area (Å²) in [6, 6.07) is 0. The molecule has 0 radical (unpaired) electrons. The molecule has 94 valence electrons. The van der Waals surface area contributed by atoms with Gasteiger partial charge in [0.1, 0.15) is 0 Å². The van der Waals surface area contributed by atoms with Crippen LogP contribution in [0.4, 0.5) is 0 Å². The molecule has 1 heteroatoms. The van der Waals surface area contributed by atoms with Crippen LogP contribution in [0.3, 0.4) is 0 Å². The highest BCUT2D eigenvalue weighted by Gasteiger charge is 1.94. The third-order valence-electron chi connectivity index (χ3n) is 2.46. The van der Waals surface area contributed by atoms with Crippen molar-refractivity contribution < 1.29 is 0 Å². The second-order valence-electron chi connectivity index (χ2n) is 4.41. The maximum atomic E-state index is 3.18. The van der Waals surface area contributed by atoms with E-state index in [-0.39, 0.29) is 0 Å². The molecule has 0 aliphatic carbocycles. The number of hydrogen-bond donors (Lipinski definition) is 1. The van der Waals surface area contributed by atoms with Crippen LogP contribution < -0.4 is 5.32 Å². The van der Waals surface area contributed by atoms with Gasteiger partial charge in [0.25, 0.3) is 0 Å². The second kappa shape index (κ2) is 16.4. The van der Waals surface area contributed by atoms with E-state index in [0.717, 1.165) is 5.92 Å². The molecule has 0 aromatic heterocycles. The van der Waals surface area contributed by atoms with E-state index in [9.17, 15) is 0 Å². The van der Waals surface area contributed by atoms with Crippen molar-refractivity contribution in [3.05, 3.63) is 0 Å². The van der Waals surface area contributed by atoms with Gasteiger partial charge in [-0.3, -0.25) is 0 Å². The minimum Gasteiger partial charge on any atom is -0.320 e. The molecule has 0 spiro atoms. The van der Waals surface area contributed by atoms with E-state index in [4.69, 9.17) is 0 Å². The van der Waals surface area contributed by atoms with Gasteiger partial charge in [0.15, 0.2) is 0 Å². The molecule has 0 aliphatic rings. The molecular formula is C14H33N. The lowest BCUT2D eigenvalue weighted by Gasteiger charge is -2.04. The van der Waals surface area contributed by atoms with Crippen LogP contribution in [0.15, 0.2) is 0 Å². The molecule has 0 bridgehead atoms. The largest absolute Gasteiger partial charge is 0.320 e. The fourth-order valence-corrected chi connectivity index (χ4v) is 1.56. The fraction of sp³-hybridized carbons (Fsp3) is 1.00. The normalized spacial score (nSPS) is 10.0. The summed E-state index contributed by atoms with van der Waals surface area (Å²) in [5, 5.41) is 3.18. The van der Waals surface area contributed by atoms with Crippen molar-refractivity contribution in [2.75, 3.05) is 13.6 Å². The Labute approximate surface area is 98.0 Å². The zero-order valence-electron chi connectivity index (χ0n) is 11.7. The lowest BCUT2D eigenvalue weighted by atomic mass is 10.0. The van der Waals surface area contributed by atoms with E-state index in [0.29, 0.717) is 0 Å². The Kier molecular flexibility index (Phi) is 19.0. The predicted molar refractivity (Wildman–Crippen MR) is 72.4 cm³/mol. The highest BCUT2D eigenvalue weighted by molar-refractivity contribution is 4.49. The first-order valence-electron chi connectivity index (χ1n) is 6.92.